The fourth-order valence-corrected chi connectivity index (χ4v) is 4.54. The predicted octanol–water partition coefficient (Wildman–Crippen LogP) is 1.75. The highest BCUT2D eigenvalue weighted by atomic mass is 32.2. The number of nitrogens with zero attached hydrogens (tertiary/aromatic N) is 2. The predicted molar refractivity (Wildman–Crippen MR) is 74.6 cm³/mol. The van der Waals surface area contributed by atoms with E-state index in [0.29, 0.717) is 22.8 Å². The Labute approximate surface area is 115 Å². The molecule has 1 aliphatic rings. The maximum absolute atomic E-state index is 8.84. The second kappa shape index (κ2) is 6.27. The third kappa shape index (κ3) is 3.20. The minimum Gasteiger partial charge on any atom is -0.396 e. The quantitative estimate of drug-likeness (QED) is 0.873. The summed E-state index contributed by atoms with van der Waals surface area (Å²) in [4.78, 5) is 4.36. The zero-order valence-electron chi connectivity index (χ0n) is 10.6. The SMILES string of the molecule is CC1SCC(c2noc(C(N)CCO)n2)SC1C. The Kier molecular flexibility index (Phi) is 4.94. The largest absolute Gasteiger partial charge is 0.396 e. The van der Waals surface area contributed by atoms with Crippen molar-refractivity contribution >= 4 is 23.5 Å². The topological polar surface area (TPSA) is 85.2 Å². The number of aromatic nitrogens is 2. The van der Waals surface area contributed by atoms with Crippen molar-refractivity contribution in [1.29, 1.82) is 0 Å². The van der Waals surface area contributed by atoms with E-state index in [1.54, 1.807) is 0 Å². The van der Waals surface area contributed by atoms with Crippen molar-refractivity contribution in [2.45, 2.75) is 42.1 Å². The van der Waals surface area contributed by atoms with Gasteiger partial charge >= 0.3 is 0 Å². The van der Waals surface area contributed by atoms with Gasteiger partial charge in [-0.2, -0.15) is 16.7 Å². The Morgan fingerprint density at radius 1 is 1.50 bits per heavy atom. The van der Waals surface area contributed by atoms with Crippen LogP contribution in [-0.2, 0) is 0 Å². The second-order valence-corrected chi connectivity index (χ2v) is 7.47. The van der Waals surface area contributed by atoms with Crippen LogP contribution in [0.15, 0.2) is 4.52 Å². The molecule has 2 heterocycles. The molecule has 4 atom stereocenters. The molecule has 1 fully saturated rings. The summed E-state index contributed by atoms with van der Waals surface area (Å²) in [6.07, 6.45) is 0.446. The first-order valence-electron chi connectivity index (χ1n) is 6.08. The Morgan fingerprint density at radius 2 is 2.28 bits per heavy atom. The smallest absolute Gasteiger partial charge is 0.243 e. The zero-order chi connectivity index (χ0) is 13.1. The number of nitrogens with two attached hydrogens (primary N) is 1. The molecule has 0 bridgehead atoms. The average Bonchev–Trinajstić information content (AvgIpc) is 2.82. The summed E-state index contributed by atoms with van der Waals surface area (Å²) in [6, 6.07) is -0.367. The van der Waals surface area contributed by atoms with E-state index < -0.39 is 0 Å². The first-order chi connectivity index (χ1) is 8.61. The third-order valence-corrected chi connectivity index (χ3v) is 6.44. The molecule has 1 aliphatic heterocycles. The molecule has 1 saturated heterocycles. The van der Waals surface area contributed by atoms with Crippen LogP contribution in [0.5, 0.6) is 0 Å². The molecular formula is C11H19N3O2S2. The molecule has 3 N–H and O–H groups in total. The molecule has 2 rings (SSSR count). The number of hydrogen-bond donors (Lipinski definition) is 2. The van der Waals surface area contributed by atoms with Crippen LogP contribution in [0.4, 0.5) is 0 Å². The van der Waals surface area contributed by atoms with Crippen molar-refractivity contribution in [1.82, 2.24) is 10.1 Å². The zero-order valence-corrected chi connectivity index (χ0v) is 12.2. The summed E-state index contributed by atoms with van der Waals surface area (Å²) < 4.78 is 5.17. The van der Waals surface area contributed by atoms with Gasteiger partial charge < -0.3 is 15.4 Å². The van der Waals surface area contributed by atoms with Crippen LogP contribution in [0, 0.1) is 0 Å². The van der Waals surface area contributed by atoms with Crippen LogP contribution in [0.2, 0.25) is 0 Å². The van der Waals surface area contributed by atoms with Gasteiger partial charge in [0.2, 0.25) is 5.89 Å². The molecule has 5 nitrogen and oxygen atoms in total. The number of hydrogen-bond acceptors (Lipinski definition) is 7. The van der Waals surface area contributed by atoms with Gasteiger partial charge in [-0.3, -0.25) is 0 Å². The van der Waals surface area contributed by atoms with Crippen LogP contribution in [0.1, 0.15) is 43.3 Å². The highest BCUT2D eigenvalue weighted by Gasteiger charge is 2.30. The Bertz CT molecular complexity index is 388. The minimum absolute atomic E-state index is 0.0292. The van der Waals surface area contributed by atoms with Gasteiger partial charge in [0.15, 0.2) is 5.82 Å². The minimum atomic E-state index is -0.367. The Morgan fingerprint density at radius 3 is 2.94 bits per heavy atom. The fraction of sp³-hybridized carbons (Fsp3) is 0.818. The monoisotopic (exact) mass is 289 g/mol. The summed E-state index contributed by atoms with van der Waals surface area (Å²) in [7, 11) is 0. The normalized spacial score (nSPS) is 30.3. The molecule has 0 saturated carbocycles. The first kappa shape index (κ1) is 14.2. The maximum Gasteiger partial charge on any atom is 0.243 e. The van der Waals surface area contributed by atoms with E-state index in [2.05, 4.69) is 24.0 Å². The lowest BCUT2D eigenvalue weighted by Gasteiger charge is -2.29. The van der Waals surface area contributed by atoms with Crippen molar-refractivity contribution in [3.05, 3.63) is 11.7 Å². The van der Waals surface area contributed by atoms with E-state index in [1.165, 1.54) is 0 Å². The Balaban J connectivity index is 2.01. The summed E-state index contributed by atoms with van der Waals surface area (Å²) in [5.41, 5.74) is 5.83. The lowest BCUT2D eigenvalue weighted by Crippen LogP contribution is -2.22. The average molecular weight is 289 g/mol. The summed E-state index contributed by atoms with van der Waals surface area (Å²) >= 11 is 3.83. The first-order valence-corrected chi connectivity index (χ1v) is 8.08. The van der Waals surface area contributed by atoms with E-state index in [1.807, 2.05) is 23.5 Å². The molecule has 1 aromatic rings. The van der Waals surface area contributed by atoms with Gasteiger partial charge in [-0.1, -0.05) is 19.0 Å². The number of aliphatic hydroxyl groups excluding tert-OH is 1. The highest BCUT2D eigenvalue weighted by Crippen LogP contribution is 2.43. The molecule has 0 amide bonds. The molecule has 1 aromatic heterocycles. The van der Waals surface area contributed by atoms with E-state index in [0.717, 1.165) is 11.6 Å². The van der Waals surface area contributed by atoms with Crippen LogP contribution < -0.4 is 5.73 Å². The molecule has 18 heavy (non-hydrogen) atoms. The lowest BCUT2D eigenvalue weighted by molar-refractivity contribution is 0.259. The molecule has 0 radical (unpaired) electrons. The highest BCUT2D eigenvalue weighted by molar-refractivity contribution is 8.07. The van der Waals surface area contributed by atoms with Crippen molar-refractivity contribution in [2.75, 3.05) is 12.4 Å². The molecule has 102 valence electrons. The van der Waals surface area contributed by atoms with E-state index in [4.69, 9.17) is 15.4 Å². The van der Waals surface area contributed by atoms with Gasteiger partial charge in [0.25, 0.3) is 0 Å². The van der Waals surface area contributed by atoms with Gasteiger partial charge in [0, 0.05) is 22.9 Å². The maximum atomic E-state index is 8.84. The summed E-state index contributed by atoms with van der Waals surface area (Å²) in [5, 5.41) is 14.4. The molecule has 0 aromatic carbocycles. The van der Waals surface area contributed by atoms with Crippen molar-refractivity contribution in [3.8, 4) is 0 Å². The van der Waals surface area contributed by atoms with Gasteiger partial charge in [-0.15, -0.1) is 11.8 Å². The van der Waals surface area contributed by atoms with Crippen molar-refractivity contribution in [2.24, 2.45) is 5.73 Å². The molecule has 4 unspecified atom stereocenters. The van der Waals surface area contributed by atoms with E-state index >= 15 is 0 Å². The second-order valence-electron chi connectivity index (χ2n) is 4.48. The van der Waals surface area contributed by atoms with Crippen LogP contribution in [0.3, 0.4) is 0 Å². The van der Waals surface area contributed by atoms with Crippen molar-refractivity contribution < 1.29 is 9.63 Å². The molecular weight excluding hydrogens is 270 g/mol. The van der Waals surface area contributed by atoms with Crippen LogP contribution in [-0.4, -0.2) is 38.1 Å². The van der Waals surface area contributed by atoms with Gasteiger partial charge in [0.1, 0.15) is 0 Å². The van der Waals surface area contributed by atoms with Crippen LogP contribution in [0.25, 0.3) is 0 Å². The third-order valence-electron chi connectivity index (χ3n) is 3.05. The standard InChI is InChI=1S/C11H19N3O2S2/c1-6-7(2)18-9(5-17-6)10-13-11(16-14-10)8(12)3-4-15/h6-9,15H,3-5,12H2,1-2H3. The molecule has 7 heteroatoms. The van der Waals surface area contributed by atoms with Gasteiger partial charge in [-0.05, 0) is 6.42 Å². The summed E-state index contributed by atoms with van der Waals surface area (Å²) in [6.45, 7) is 4.51. The summed E-state index contributed by atoms with van der Waals surface area (Å²) in [5.74, 6) is 2.16. The van der Waals surface area contributed by atoms with Crippen LogP contribution >= 0.6 is 23.5 Å². The van der Waals surface area contributed by atoms with E-state index in [9.17, 15) is 0 Å². The lowest BCUT2D eigenvalue weighted by atomic mass is 10.2. The van der Waals surface area contributed by atoms with E-state index in [-0.39, 0.29) is 17.9 Å². The van der Waals surface area contributed by atoms with Crippen molar-refractivity contribution in [3.63, 3.8) is 0 Å². The number of thioether (sulfide) groups is 2. The molecule has 0 spiro atoms. The number of rotatable bonds is 4. The fourth-order valence-electron chi connectivity index (χ4n) is 1.71. The van der Waals surface area contributed by atoms with Gasteiger partial charge in [-0.25, -0.2) is 0 Å². The molecule has 0 aliphatic carbocycles. The number of aliphatic hydroxyl groups is 1. The van der Waals surface area contributed by atoms with Gasteiger partial charge in [0.05, 0.1) is 11.3 Å². The Hall–Kier alpha value is -0.240.